The van der Waals surface area contributed by atoms with Gasteiger partial charge in [0.15, 0.2) is 9.84 Å². The summed E-state index contributed by atoms with van der Waals surface area (Å²) in [6.45, 7) is 3.70. The Morgan fingerprint density at radius 2 is 2.00 bits per heavy atom. The number of nitriles is 1. The predicted molar refractivity (Wildman–Crippen MR) is 82.7 cm³/mol. The Hall–Kier alpha value is -1.74. The van der Waals surface area contributed by atoms with Crippen molar-refractivity contribution in [3.05, 3.63) is 18.2 Å². The van der Waals surface area contributed by atoms with E-state index in [0.717, 1.165) is 0 Å². The molecule has 0 aliphatic carbocycles. The highest BCUT2D eigenvalue weighted by Gasteiger charge is 2.21. The number of nitrogens with zero attached hydrogens (tertiary/aromatic N) is 1. The van der Waals surface area contributed by atoms with Crippen LogP contribution >= 0.6 is 0 Å². The van der Waals surface area contributed by atoms with E-state index >= 15 is 0 Å². The number of nitrogens with two attached hydrogens (primary N) is 1. The number of ether oxygens (including phenoxy) is 1. The molecule has 1 aromatic rings. The van der Waals surface area contributed by atoms with Crippen LogP contribution < -0.4 is 10.5 Å². The molecule has 5 nitrogen and oxygen atoms in total. The summed E-state index contributed by atoms with van der Waals surface area (Å²) >= 11 is 0. The molecule has 0 heterocycles. The number of methoxy groups -OCH3 is 1. The standard InChI is InChI=1S/C15H22N2O3S/c1-15(2,11-16)8-4-5-9-21(18,19)14-7-6-12(17)10-13(14)20-3/h6-7,10H,4-5,8-9,17H2,1-3H3. The van der Waals surface area contributed by atoms with E-state index in [2.05, 4.69) is 6.07 Å². The third-order valence-electron chi connectivity index (χ3n) is 3.29. The van der Waals surface area contributed by atoms with E-state index in [0.29, 0.717) is 24.9 Å². The maximum absolute atomic E-state index is 12.3. The number of hydrogen-bond donors (Lipinski definition) is 1. The molecule has 1 rings (SSSR count). The molecule has 6 heteroatoms. The van der Waals surface area contributed by atoms with Crippen LogP contribution in [0.3, 0.4) is 0 Å². The van der Waals surface area contributed by atoms with Gasteiger partial charge in [-0.15, -0.1) is 0 Å². The van der Waals surface area contributed by atoms with E-state index in [4.69, 9.17) is 15.7 Å². The Kier molecular flexibility index (Phi) is 5.62. The molecule has 0 amide bonds. The van der Waals surface area contributed by atoms with Gasteiger partial charge in [-0.25, -0.2) is 8.42 Å². The first-order chi connectivity index (χ1) is 9.72. The van der Waals surface area contributed by atoms with Crippen LogP contribution in [0.2, 0.25) is 0 Å². The third kappa shape index (κ3) is 4.94. The lowest BCUT2D eigenvalue weighted by Crippen LogP contribution is -2.11. The average Bonchev–Trinajstić information content (AvgIpc) is 2.43. The fourth-order valence-corrected chi connectivity index (χ4v) is 3.49. The van der Waals surface area contributed by atoms with E-state index in [1.54, 1.807) is 6.07 Å². The van der Waals surface area contributed by atoms with Gasteiger partial charge in [-0.2, -0.15) is 5.26 Å². The molecular weight excluding hydrogens is 288 g/mol. The van der Waals surface area contributed by atoms with E-state index in [1.807, 2.05) is 13.8 Å². The molecule has 2 N–H and O–H groups in total. The summed E-state index contributed by atoms with van der Waals surface area (Å²) in [4.78, 5) is 0.166. The summed E-state index contributed by atoms with van der Waals surface area (Å²) in [6, 6.07) is 6.74. The highest BCUT2D eigenvalue weighted by molar-refractivity contribution is 7.91. The normalized spacial score (nSPS) is 11.9. The van der Waals surface area contributed by atoms with Crippen molar-refractivity contribution in [2.75, 3.05) is 18.6 Å². The smallest absolute Gasteiger partial charge is 0.182 e. The van der Waals surface area contributed by atoms with Gasteiger partial charge in [-0.05, 0) is 38.8 Å². The number of unbranched alkanes of at least 4 members (excludes halogenated alkanes) is 1. The summed E-state index contributed by atoms with van der Waals surface area (Å²) in [5.74, 6) is 0.307. The highest BCUT2D eigenvalue weighted by Crippen LogP contribution is 2.28. The van der Waals surface area contributed by atoms with Crippen LogP contribution in [0.1, 0.15) is 33.1 Å². The van der Waals surface area contributed by atoms with E-state index in [9.17, 15) is 8.42 Å². The van der Waals surface area contributed by atoms with Gasteiger partial charge in [0.25, 0.3) is 0 Å². The summed E-state index contributed by atoms with van der Waals surface area (Å²) < 4.78 is 29.8. The summed E-state index contributed by atoms with van der Waals surface area (Å²) in [6.07, 6.45) is 1.88. The van der Waals surface area contributed by atoms with Crippen LogP contribution in [0.15, 0.2) is 23.1 Å². The maximum Gasteiger partial charge on any atom is 0.182 e. The molecule has 0 aliphatic heterocycles. The largest absolute Gasteiger partial charge is 0.495 e. The summed E-state index contributed by atoms with van der Waals surface area (Å²) in [5.41, 5.74) is 5.67. The second-order valence-corrected chi connectivity index (χ2v) is 7.76. The average molecular weight is 310 g/mol. The molecule has 0 aromatic heterocycles. The van der Waals surface area contributed by atoms with Crippen molar-refractivity contribution < 1.29 is 13.2 Å². The van der Waals surface area contributed by atoms with Gasteiger partial charge in [-0.3, -0.25) is 0 Å². The van der Waals surface area contributed by atoms with Crippen molar-refractivity contribution in [2.45, 2.75) is 38.0 Å². The van der Waals surface area contributed by atoms with Crippen molar-refractivity contribution in [1.82, 2.24) is 0 Å². The summed E-state index contributed by atoms with van der Waals surface area (Å²) in [5, 5.41) is 8.93. The lowest BCUT2D eigenvalue weighted by Gasteiger charge is -2.14. The molecule has 0 spiro atoms. The summed E-state index contributed by atoms with van der Waals surface area (Å²) in [7, 11) is -1.99. The minimum atomic E-state index is -3.41. The number of hydrogen-bond acceptors (Lipinski definition) is 5. The Bertz CT molecular complexity index is 631. The highest BCUT2D eigenvalue weighted by atomic mass is 32.2. The predicted octanol–water partition coefficient (Wildman–Crippen LogP) is 2.77. The number of sulfone groups is 1. The van der Waals surface area contributed by atoms with Crippen LogP contribution in [0.5, 0.6) is 5.75 Å². The van der Waals surface area contributed by atoms with Crippen molar-refractivity contribution in [3.8, 4) is 11.8 Å². The molecule has 0 atom stereocenters. The van der Waals surface area contributed by atoms with Gasteiger partial charge in [0.05, 0.1) is 24.3 Å². The Morgan fingerprint density at radius 1 is 1.33 bits per heavy atom. The molecule has 0 fully saturated rings. The molecule has 21 heavy (non-hydrogen) atoms. The zero-order valence-electron chi connectivity index (χ0n) is 12.7. The number of anilines is 1. The van der Waals surface area contributed by atoms with Gasteiger partial charge in [0.1, 0.15) is 10.6 Å². The van der Waals surface area contributed by atoms with Crippen LogP contribution in [0.25, 0.3) is 0 Å². The van der Waals surface area contributed by atoms with Gasteiger partial charge in [-0.1, -0.05) is 6.42 Å². The first-order valence-corrected chi connectivity index (χ1v) is 8.44. The van der Waals surface area contributed by atoms with Gasteiger partial charge in [0.2, 0.25) is 0 Å². The fraction of sp³-hybridized carbons (Fsp3) is 0.533. The van der Waals surface area contributed by atoms with Crippen LogP contribution in [0, 0.1) is 16.7 Å². The lowest BCUT2D eigenvalue weighted by molar-refractivity contribution is 0.402. The number of nitrogen functional groups attached to an aromatic ring is 1. The second-order valence-electron chi connectivity index (χ2n) is 5.68. The molecule has 0 radical (unpaired) electrons. The molecular formula is C15H22N2O3S. The SMILES string of the molecule is COc1cc(N)ccc1S(=O)(=O)CCCCC(C)(C)C#N. The van der Waals surface area contributed by atoms with Crippen molar-refractivity contribution in [1.29, 1.82) is 5.26 Å². The minimum absolute atomic E-state index is 0.0365. The fourth-order valence-electron chi connectivity index (χ4n) is 1.97. The van der Waals surface area contributed by atoms with Crippen molar-refractivity contribution in [2.24, 2.45) is 5.41 Å². The van der Waals surface area contributed by atoms with Crippen LogP contribution in [-0.4, -0.2) is 21.3 Å². The molecule has 0 aliphatic rings. The van der Waals surface area contributed by atoms with E-state index in [1.165, 1.54) is 19.2 Å². The zero-order valence-corrected chi connectivity index (χ0v) is 13.5. The first kappa shape index (κ1) is 17.3. The van der Waals surface area contributed by atoms with Crippen LogP contribution in [0.4, 0.5) is 5.69 Å². The molecule has 116 valence electrons. The van der Waals surface area contributed by atoms with E-state index in [-0.39, 0.29) is 16.4 Å². The Labute approximate surface area is 126 Å². The van der Waals surface area contributed by atoms with Crippen LogP contribution in [-0.2, 0) is 9.84 Å². The monoisotopic (exact) mass is 310 g/mol. The quantitative estimate of drug-likeness (QED) is 0.617. The second kappa shape index (κ2) is 6.81. The zero-order chi connectivity index (χ0) is 16.1. The van der Waals surface area contributed by atoms with Gasteiger partial charge in [0, 0.05) is 11.8 Å². The maximum atomic E-state index is 12.3. The molecule has 0 saturated heterocycles. The van der Waals surface area contributed by atoms with Crippen molar-refractivity contribution in [3.63, 3.8) is 0 Å². The molecule has 0 bridgehead atoms. The third-order valence-corrected chi connectivity index (χ3v) is 5.12. The number of rotatable bonds is 7. The molecule has 0 saturated carbocycles. The van der Waals surface area contributed by atoms with Crippen molar-refractivity contribution >= 4 is 15.5 Å². The van der Waals surface area contributed by atoms with Gasteiger partial charge < -0.3 is 10.5 Å². The minimum Gasteiger partial charge on any atom is -0.495 e. The Balaban J connectivity index is 2.73. The Morgan fingerprint density at radius 3 is 2.57 bits per heavy atom. The van der Waals surface area contributed by atoms with E-state index < -0.39 is 15.3 Å². The lowest BCUT2D eigenvalue weighted by atomic mass is 9.89. The van der Waals surface area contributed by atoms with Gasteiger partial charge >= 0.3 is 0 Å². The number of benzene rings is 1. The first-order valence-electron chi connectivity index (χ1n) is 6.79. The molecule has 1 aromatic carbocycles. The topological polar surface area (TPSA) is 93.2 Å². The molecule has 0 unspecified atom stereocenters.